The van der Waals surface area contributed by atoms with Crippen molar-refractivity contribution in [3.63, 3.8) is 0 Å². The standard InChI is InChI=1S/C19H24N2O4S3/c22-18(19(23)21-14-7-3-1-2-4-8-14)20-13-16(15-9-5-11-26-15)28(24,25)17-10-6-12-27-17/h5-6,9-12,14,16H,1-4,7-8,13H2,(H,20,22)(H,21,23). The van der Waals surface area contributed by atoms with Crippen LogP contribution < -0.4 is 10.6 Å². The van der Waals surface area contributed by atoms with Gasteiger partial charge in [0.05, 0.1) is 0 Å². The summed E-state index contributed by atoms with van der Waals surface area (Å²) in [4.78, 5) is 25.1. The van der Waals surface area contributed by atoms with E-state index in [1.165, 1.54) is 11.3 Å². The van der Waals surface area contributed by atoms with Gasteiger partial charge in [0.25, 0.3) is 0 Å². The van der Waals surface area contributed by atoms with E-state index in [9.17, 15) is 18.0 Å². The molecule has 1 fully saturated rings. The fourth-order valence-electron chi connectivity index (χ4n) is 3.34. The Labute approximate surface area is 173 Å². The number of hydrogen-bond acceptors (Lipinski definition) is 6. The second-order valence-corrected chi connectivity index (χ2v) is 11.1. The molecule has 152 valence electrons. The van der Waals surface area contributed by atoms with Crippen molar-refractivity contribution in [3.8, 4) is 0 Å². The van der Waals surface area contributed by atoms with Crippen LogP contribution in [-0.2, 0) is 19.4 Å². The lowest BCUT2D eigenvalue weighted by Crippen LogP contribution is -2.45. The molecule has 28 heavy (non-hydrogen) atoms. The van der Waals surface area contributed by atoms with Crippen LogP contribution in [0.15, 0.2) is 39.2 Å². The van der Waals surface area contributed by atoms with Crippen LogP contribution in [0, 0.1) is 0 Å². The van der Waals surface area contributed by atoms with Crippen molar-refractivity contribution < 1.29 is 18.0 Å². The molecule has 0 aliphatic heterocycles. The Kier molecular flexibility index (Phi) is 7.25. The maximum Gasteiger partial charge on any atom is 0.309 e. The summed E-state index contributed by atoms with van der Waals surface area (Å²) >= 11 is 2.47. The SMILES string of the molecule is O=C(NCC(c1cccs1)S(=O)(=O)c1cccs1)C(=O)NC1CCCCCC1. The molecule has 2 N–H and O–H groups in total. The summed E-state index contributed by atoms with van der Waals surface area (Å²) in [5.41, 5.74) is 0. The zero-order valence-electron chi connectivity index (χ0n) is 15.4. The van der Waals surface area contributed by atoms with Gasteiger partial charge in [-0.3, -0.25) is 9.59 Å². The first-order valence-corrected chi connectivity index (χ1v) is 12.7. The number of hydrogen-bond donors (Lipinski definition) is 2. The van der Waals surface area contributed by atoms with Crippen LogP contribution in [0.5, 0.6) is 0 Å². The van der Waals surface area contributed by atoms with Gasteiger partial charge < -0.3 is 10.6 Å². The molecule has 1 saturated carbocycles. The molecule has 2 aromatic rings. The van der Waals surface area contributed by atoms with Gasteiger partial charge in [-0.05, 0) is 35.7 Å². The largest absolute Gasteiger partial charge is 0.346 e. The van der Waals surface area contributed by atoms with Gasteiger partial charge in [-0.15, -0.1) is 22.7 Å². The van der Waals surface area contributed by atoms with Gasteiger partial charge in [0.15, 0.2) is 9.84 Å². The van der Waals surface area contributed by atoms with Crippen molar-refractivity contribution in [1.29, 1.82) is 0 Å². The number of rotatable bonds is 6. The van der Waals surface area contributed by atoms with Crippen molar-refractivity contribution in [2.24, 2.45) is 0 Å². The molecular formula is C19H24N2O4S3. The Bertz CT molecular complexity index is 868. The van der Waals surface area contributed by atoms with Crippen LogP contribution in [0.1, 0.15) is 48.7 Å². The molecule has 1 aliphatic carbocycles. The van der Waals surface area contributed by atoms with Crippen LogP contribution in [0.4, 0.5) is 0 Å². The van der Waals surface area contributed by atoms with Gasteiger partial charge in [-0.1, -0.05) is 37.8 Å². The fraction of sp³-hybridized carbons (Fsp3) is 0.474. The summed E-state index contributed by atoms with van der Waals surface area (Å²) in [6, 6.07) is 6.77. The molecule has 1 aliphatic rings. The first-order valence-electron chi connectivity index (χ1n) is 9.38. The molecule has 2 heterocycles. The van der Waals surface area contributed by atoms with Gasteiger partial charge >= 0.3 is 11.8 Å². The minimum absolute atomic E-state index is 0.0173. The number of carbonyl (C=O) groups excluding carboxylic acids is 2. The second kappa shape index (κ2) is 9.67. The molecule has 6 nitrogen and oxygen atoms in total. The summed E-state index contributed by atoms with van der Waals surface area (Å²) in [6.07, 6.45) is 6.16. The third kappa shape index (κ3) is 5.21. The highest BCUT2D eigenvalue weighted by molar-refractivity contribution is 7.93. The fourth-order valence-corrected chi connectivity index (χ4v) is 7.33. The average molecular weight is 441 g/mol. The minimum atomic E-state index is -3.65. The van der Waals surface area contributed by atoms with Crippen LogP contribution >= 0.6 is 22.7 Å². The third-order valence-electron chi connectivity index (χ3n) is 4.86. The van der Waals surface area contributed by atoms with E-state index in [2.05, 4.69) is 10.6 Å². The zero-order chi connectivity index (χ0) is 20.0. The molecule has 0 spiro atoms. The molecule has 2 amide bonds. The number of thiophene rings is 2. The highest BCUT2D eigenvalue weighted by atomic mass is 32.2. The predicted molar refractivity (Wildman–Crippen MR) is 111 cm³/mol. The molecule has 9 heteroatoms. The second-order valence-electron chi connectivity index (χ2n) is 6.85. The highest BCUT2D eigenvalue weighted by Crippen LogP contribution is 2.33. The predicted octanol–water partition coefficient (Wildman–Crippen LogP) is 3.28. The maximum atomic E-state index is 13.0. The normalized spacial score (nSPS) is 16.9. The molecule has 1 atom stereocenters. The number of nitrogens with one attached hydrogen (secondary N) is 2. The number of carbonyl (C=O) groups is 2. The van der Waals surface area contributed by atoms with E-state index < -0.39 is 26.9 Å². The van der Waals surface area contributed by atoms with Gasteiger partial charge in [0, 0.05) is 17.5 Å². The topological polar surface area (TPSA) is 92.3 Å². The lowest BCUT2D eigenvalue weighted by atomic mass is 10.1. The first-order chi connectivity index (χ1) is 13.5. The third-order valence-corrected chi connectivity index (χ3v) is 9.50. The van der Waals surface area contributed by atoms with Crippen molar-refractivity contribution in [3.05, 3.63) is 39.9 Å². The molecule has 0 radical (unpaired) electrons. The quantitative estimate of drug-likeness (QED) is 0.533. The zero-order valence-corrected chi connectivity index (χ0v) is 17.9. The summed E-state index contributed by atoms with van der Waals surface area (Å²) in [5, 5.41) is 7.90. The summed E-state index contributed by atoms with van der Waals surface area (Å²) < 4.78 is 26.2. The smallest absolute Gasteiger partial charge is 0.309 e. The van der Waals surface area contributed by atoms with E-state index in [0.29, 0.717) is 4.88 Å². The Morgan fingerprint density at radius 1 is 1.00 bits per heavy atom. The monoisotopic (exact) mass is 440 g/mol. The van der Waals surface area contributed by atoms with Gasteiger partial charge in [-0.25, -0.2) is 8.42 Å². The van der Waals surface area contributed by atoms with Crippen LogP contribution in [0.3, 0.4) is 0 Å². The number of amides is 2. The summed E-state index contributed by atoms with van der Waals surface area (Å²) in [7, 11) is -3.65. The first kappa shape index (κ1) is 21.0. The molecular weight excluding hydrogens is 416 g/mol. The Balaban J connectivity index is 1.65. The van der Waals surface area contributed by atoms with Crippen molar-refractivity contribution in [1.82, 2.24) is 10.6 Å². The lowest BCUT2D eigenvalue weighted by molar-refractivity contribution is -0.139. The Hall–Kier alpha value is -1.71. The van der Waals surface area contributed by atoms with E-state index in [0.717, 1.165) is 49.9 Å². The van der Waals surface area contributed by atoms with Crippen LogP contribution in [-0.4, -0.2) is 32.8 Å². The van der Waals surface area contributed by atoms with E-state index in [4.69, 9.17) is 0 Å². The van der Waals surface area contributed by atoms with Crippen LogP contribution in [0.25, 0.3) is 0 Å². The maximum absolute atomic E-state index is 13.0. The van der Waals surface area contributed by atoms with Crippen molar-refractivity contribution >= 4 is 44.3 Å². The molecule has 3 rings (SSSR count). The summed E-state index contributed by atoms with van der Waals surface area (Å²) in [6.45, 7) is -0.141. The molecule has 0 saturated heterocycles. The van der Waals surface area contributed by atoms with Crippen molar-refractivity contribution in [2.45, 2.75) is 54.0 Å². The van der Waals surface area contributed by atoms with E-state index in [-0.39, 0.29) is 16.8 Å². The Morgan fingerprint density at radius 3 is 2.29 bits per heavy atom. The lowest BCUT2D eigenvalue weighted by Gasteiger charge is -2.18. The highest BCUT2D eigenvalue weighted by Gasteiger charge is 2.32. The summed E-state index contributed by atoms with van der Waals surface area (Å²) in [5.74, 6) is -1.47. The van der Waals surface area contributed by atoms with Gasteiger partial charge in [0.2, 0.25) is 0 Å². The van der Waals surface area contributed by atoms with E-state index >= 15 is 0 Å². The minimum Gasteiger partial charge on any atom is -0.346 e. The average Bonchev–Trinajstić information content (AvgIpc) is 3.34. The van der Waals surface area contributed by atoms with E-state index in [1.807, 2.05) is 0 Å². The molecule has 0 aromatic carbocycles. The van der Waals surface area contributed by atoms with E-state index in [1.54, 1.807) is 35.0 Å². The Morgan fingerprint density at radius 2 is 1.68 bits per heavy atom. The number of sulfone groups is 1. The van der Waals surface area contributed by atoms with Crippen LogP contribution in [0.2, 0.25) is 0 Å². The molecule has 0 bridgehead atoms. The van der Waals surface area contributed by atoms with Crippen molar-refractivity contribution in [2.75, 3.05) is 6.54 Å². The molecule has 2 aromatic heterocycles. The van der Waals surface area contributed by atoms with Gasteiger partial charge in [-0.2, -0.15) is 0 Å². The molecule has 1 unspecified atom stereocenters. The van der Waals surface area contributed by atoms with Gasteiger partial charge in [0.1, 0.15) is 9.46 Å².